The Labute approximate surface area is 178 Å². The summed E-state index contributed by atoms with van der Waals surface area (Å²) >= 11 is 0. The Morgan fingerprint density at radius 2 is 1.97 bits per heavy atom. The van der Waals surface area contributed by atoms with Crippen LogP contribution in [-0.2, 0) is 19.2 Å². The maximum atomic E-state index is 13.6. The highest BCUT2D eigenvalue weighted by Crippen LogP contribution is 2.40. The number of carbonyl (C=O) groups is 1. The summed E-state index contributed by atoms with van der Waals surface area (Å²) in [5, 5.41) is 13.6. The quantitative estimate of drug-likeness (QED) is 0.568. The van der Waals surface area contributed by atoms with Crippen LogP contribution in [0.4, 0.5) is 13.2 Å². The molecule has 1 amide bonds. The zero-order valence-electron chi connectivity index (χ0n) is 17.6. The fourth-order valence-electron chi connectivity index (χ4n) is 3.52. The number of nitrogens with zero attached hydrogens (tertiary/aromatic N) is 4. The number of alkyl halides is 3. The van der Waals surface area contributed by atoms with Crippen molar-refractivity contribution in [3.63, 3.8) is 0 Å². The van der Waals surface area contributed by atoms with Crippen molar-refractivity contribution in [3.8, 4) is 0 Å². The number of aryl methyl sites for hydroxylation is 1. The van der Waals surface area contributed by atoms with E-state index in [0.29, 0.717) is 17.5 Å². The summed E-state index contributed by atoms with van der Waals surface area (Å²) in [4.78, 5) is 18.5. The van der Waals surface area contributed by atoms with E-state index in [9.17, 15) is 23.1 Å². The smallest absolute Gasteiger partial charge is 0.374 e. The van der Waals surface area contributed by atoms with Crippen molar-refractivity contribution in [1.29, 1.82) is 0 Å². The van der Waals surface area contributed by atoms with E-state index in [-0.39, 0.29) is 6.54 Å². The van der Waals surface area contributed by atoms with Crippen LogP contribution in [0.25, 0.3) is 10.9 Å². The van der Waals surface area contributed by atoms with Crippen molar-refractivity contribution in [2.45, 2.75) is 24.7 Å². The van der Waals surface area contributed by atoms with Gasteiger partial charge in [-0.1, -0.05) is 18.2 Å². The number of hydrogen-bond donors (Lipinski definition) is 2. The van der Waals surface area contributed by atoms with Crippen LogP contribution >= 0.6 is 0 Å². The molecule has 1 aromatic carbocycles. The van der Waals surface area contributed by atoms with Crippen LogP contribution in [0.15, 0.2) is 42.9 Å². The Bertz CT molecular complexity index is 1060. The zero-order chi connectivity index (χ0) is 22.8. The van der Waals surface area contributed by atoms with Crippen molar-refractivity contribution in [3.05, 3.63) is 54.2 Å². The number of benzene rings is 1. The highest BCUT2D eigenvalue weighted by atomic mass is 19.4. The lowest BCUT2D eigenvalue weighted by Crippen LogP contribution is -2.46. The molecular weight excluding hydrogens is 411 g/mol. The highest BCUT2D eigenvalue weighted by Gasteiger charge is 2.57. The van der Waals surface area contributed by atoms with Crippen molar-refractivity contribution in [1.82, 2.24) is 24.3 Å². The molecular formula is C21H26F3N5O2. The molecule has 0 aliphatic carbocycles. The maximum absolute atomic E-state index is 13.6. The fraction of sp³-hybridized carbons (Fsp3) is 0.429. The minimum absolute atomic E-state index is 0.376. The van der Waals surface area contributed by atoms with Gasteiger partial charge < -0.3 is 24.5 Å². The van der Waals surface area contributed by atoms with E-state index >= 15 is 0 Å². The lowest BCUT2D eigenvalue weighted by Gasteiger charge is -2.29. The molecule has 1 unspecified atom stereocenters. The first-order valence-electron chi connectivity index (χ1n) is 9.82. The third kappa shape index (κ3) is 4.59. The fourth-order valence-corrected chi connectivity index (χ4v) is 3.52. The van der Waals surface area contributed by atoms with E-state index in [2.05, 4.69) is 10.3 Å². The molecule has 2 heterocycles. The van der Waals surface area contributed by atoms with E-state index in [1.54, 1.807) is 18.3 Å². The van der Waals surface area contributed by atoms with Crippen LogP contribution in [0.3, 0.4) is 0 Å². The number of amides is 1. The number of hydrogen-bond acceptors (Lipinski definition) is 4. The molecule has 0 aliphatic heterocycles. The minimum Gasteiger partial charge on any atom is -0.374 e. The van der Waals surface area contributed by atoms with Gasteiger partial charge in [-0.15, -0.1) is 0 Å². The first kappa shape index (κ1) is 22.8. The molecule has 2 N–H and O–H groups in total. The molecule has 3 rings (SSSR count). The summed E-state index contributed by atoms with van der Waals surface area (Å²) in [6.07, 6.45) is -1.48. The Hall–Kier alpha value is -2.85. The van der Waals surface area contributed by atoms with Gasteiger partial charge in [0.05, 0.1) is 5.56 Å². The average molecular weight is 437 g/mol. The number of likely N-dealkylation sites (N-methyl/N-ethyl adjacent to an activating group) is 1. The summed E-state index contributed by atoms with van der Waals surface area (Å²) in [6.45, 7) is 1.05. The van der Waals surface area contributed by atoms with Gasteiger partial charge in [-0.2, -0.15) is 13.2 Å². The van der Waals surface area contributed by atoms with Gasteiger partial charge in [-0.05, 0) is 20.2 Å². The lowest BCUT2D eigenvalue weighted by molar-refractivity contribution is -0.272. The van der Waals surface area contributed by atoms with Crippen molar-refractivity contribution in [2.75, 3.05) is 27.2 Å². The predicted molar refractivity (Wildman–Crippen MR) is 111 cm³/mol. The molecule has 0 fully saturated rings. The summed E-state index contributed by atoms with van der Waals surface area (Å²) < 4.78 is 44.0. The van der Waals surface area contributed by atoms with E-state index in [4.69, 9.17) is 0 Å². The predicted octanol–water partition coefficient (Wildman–Crippen LogP) is 2.51. The molecule has 0 aliphatic rings. The molecule has 0 radical (unpaired) electrons. The molecule has 0 spiro atoms. The monoisotopic (exact) mass is 437 g/mol. The SMILES string of the molecule is CN(C)CCn1cc(C(=O)NCCC(O)(c2nccn2C)C(F)(F)F)c2ccccc21. The largest absolute Gasteiger partial charge is 0.424 e. The number of fused-ring (bicyclic) bond motifs is 1. The van der Waals surface area contributed by atoms with E-state index in [1.165, 1.54) is 19.4 Å². The number of aliphatic hydroxyl groups is 1. The third-order valence-corrected chi connectivity index (χ3v) is 5.25. The zero-order valence-corrected chi connectivity index (χ0v) is 17.6. The first-order chi connectivity index (χ1) is 14.5. The highest BCUT2D eigenvalue weighted by molar-refractivity contribution is 6.07. The second kappa shape index (κ2) is 8.72. The topological polar surface area (TPSA) is 75.3 Å². The van der Waals surface area contributed by atoms with Gasteiger partial charge >= 0.3 is 6.18 Å². The second-order valence-corrected chi connectivity index (χ2v) is 7.78. The first-order valence-corrected chi connectivity index (χ1v) is 9.82. The second-order valence-electron chi connectivity index (χ2n) is 7.78. The number of halogens is 3. The van der Waals surface area contributed by atoms with E-state index < -0.39 is 29.9 Å². The van der Waals surface area contributed by atoms with Gasteiger partial charge in [0.25, 0.3) is 5.91 Å². The summed E-state index contributed by atoms with van der Waals surface area (Å²) in [6, 6.07) is 7.37. The van der Waals surface area contributed by atoms with Crippen molar-refractivity contribution < 1.29 is 23.1 Å². The standard InChI is InChI=1S/C21H26F3N5O2/c1-27(2)12-13-29-14-16(15-6-4-5-7-17(15)29)18(30)25-9-8-20(31,21(22,23)24)19-26-10-11-28(19)3/h4-7,10-11,14,31H,8-9,12-13H2,1-3H3,(H,25,30). The number of nitrogens with one attached hydrogen (secondary N) is 1. The van der Waals surface area contributed by atoms with Gasteiger partial charge in [-0.3, -0.25) is 4.79 Å². The summed E-state index contributed by atoms with van der Waals surface area (Å²) in [5.74, 6) is -1.02. The molecule has 168 valence electrons. The van der Waals surface area contributed by atoms with Crippen LogP contribution in [-0.4, -0.2) is 63.4 Å². The lowest BCUT2D eigenvalue weighted by atomic mass is 9.97. The molecule has 0 saturated carbocycles. The Morgan fingerprint density at radius 1 is 1.26 bits per heavy atom. The molecule has 2 aromatic heterocycles. The normalized spacial score (nSPS) is 14.2. The molecule has 31 heavy (non-hydrogen) atoms. The number of para-hydroxylation sites is 1. The Balaban J connectivity index is 1.78. The van der Waals surface area contributed by atoms with Gasteiger partial charge in [-0.25, -0.2) is 4.98 Å². The Kier molecular flexibility index (Phi) is 6.42. The molecule has 3 aromatic rings. The van der Waals surface area contributed by atoms with Crippen LogP contribution < -0.4 is 5.32 Å². The third-order valence-electron chi connectivity index (χ3n) is 5.25. The molecule has 0 bridgehead atoms. The van der Waals surface area contributed by atoms with Crippen molar-refractivity contribution >= 4 is 16.8 Å². The van der Waals surface area contributed by atoms with Gasteiger partial charge in [0.1, 0.15) is 5.82 Å². The number of carbonyl (C=O) groups excluding carboxylic acids is 1. The van der Waals surface area contributed by atoms with Gasteiger partial charge in [0, 0.05) is 62.6 Å². The van der Waals surface area contributed by atoms with Crippen LogP contribution in [0, 0.1) is 0 Å². The van der Waals surface area contributed by atoms with Gasteiger partial charge in [0.15, 0.2) is 0 Å². The molecule has 0 saturated heterocycles. The summed E-state index contributed by atoms with van der Waals surface area (Å²) in [7, 11) is 5.27. The van der Waals surface area contributed by atoms with Gasteiger partial charge in [0.2, 0.25) is 5.60 Å². The van der Waals surface area contributed by atoms with Crippen molar-refractivity contribution in [2.24, 2.45) is 7.05 Å². The number of rotatable bonds is 8. The van der Waals surface area contributed by atoms with Crippen LogP contribution in [0.5, 0.6) is 0 Å². The Morgan fingerprint density at radius 3 is 2.58 bits per heavy atom. The minimum atomic E-state index is -4.95. The maximum Gasteiger partial charge on any atom is 0.424 e. The summed E-state index contributed by atoms with van der Waals surface area (Å²) in [5.41, 5.74) is -1.92. The molecule has 1 atom stereocenters. The van der Waals surface area contributed by atoms with Crippen LogP contribution in [0.2, 0.25) is 0 Å². The average Bonchev–Trinajstić information content (AvgIpc) is 3.29. The number of aromatic nitrogens is 3. The van der Waals surface area contributed by atoms with Crippen LogP contribution in [0.1, 0.15) is 22.6 Å². The van der Waals surface area contributed by atoms with E-state index in [0.717, 1.165) is 16.6 Å². The number of imidazole rings is 1. The van der Waals surface area contributed by atoms with E-state index in [1.807, 2.05) is 35.7 Å². The molecule has 10 heteroatoms. The molecule has 7 nitrogen and oxygen atoms in total.